The van der Waals surface area contributed by atoms with E-state index in [4.69, 9.17) is 20.3 Å². The predicted octanol–water partition coefficient (Wildman–Crippen LogP) is 4.36. The van der Waals surface area contributed by atoms with Crippen LogP contribution in [0.3, 0.4) is 0 Å². The number of aliphatic hydroxyl groups excluding tert-OH is 3. The Labute approximate surface area is 343 Å². The number of nitrogens with one attached hydrogen (secondary N) is 4. The molecule has 0 aliphatic carbocycles. The van der Waals surface area contributed by atoms with Crippen LogP contribution in [0.25, 0.3) is 0 Å². The fourth-order valence-electron chi connectivity index (χ4n) is 6.48. The molecule has 4 aromatic rings. The summed E-state index contributed by atoms with van der Waals surface area (Å²) in [5, 5.41) is 48.1. The number of amides is 2. The second-order valence-electron chi connectivity index (χ2n) is 13.1. The fourth-order valence-corrected chi connectivity index (χ4v) is 6.48. The first kappa shape index (κ1) is 47.3. The molecule has 0 radical (unpaired) electrons. The van der Waals surface area contributed by atoms with Crippen LogP contribution < -0.4 is 36.5 Å². The topological polar surface area (TPSA) is 263 Å². The lowest BCUT2D eigenvalue weighted by atomic mass is 10.2. The zero-order valence-electron chi connectivity index (χ0n) is 32.8. The number of nitrogen functional groups attached to an aromatic ring is 1. The molecule has 2 aromatic heterocycles. The summed E-state index contributed by atoms with van der Waals surface area (Å²) in [5.41, 5.74) is 7.64. The van der Waals surface area contributed by atoms with Crippen molar-refractivity contribution in [3.05, 3.63) is 83.2 Å². The van der Waals surface area contributed by atoms with Crippen molar-refractivity contribution >= 4 is 46.2 Å². The van der Waals surface area contributed by atoms with Gasteiger partial charge in [-0.1, -0.05) is 7.43 Å². The maximum atomic E-state index is 12.3. The Hall–Kier alpha value is -6.12. The molecule has 320 valence electrons. The molecule has 2 aliphatic rings. The smallest absolute Gasteiger partial charge is 0.296 e. The van der Waals surface area contributed by atoms with Crippen molar-refractivity contribution in [1.29, 1.82) is 0 Å². The van der Waals surface area contributed by atoms with Crippen molar-refractivity contribution < 1.29 is 39.3 Å². The largest absolute Gasteiger partial charge is 0.457 e. The summed E-state index contributed by atoms with van der Waals surface area (Å²) >= 11 is 0. The third-order valence-electron chi connectivity index (χ3n) is 9.31. The van der Waals surface area contributed by atoms with Crippen molar-refractivity contribution in [2.45, 2.75) is 45.2 Å². The standard InChI is InChI=1S/C19H23N5O5.C19H25N5O3.CH4O.CH4/c1-20-16-5-4-14(9-17(16)24(27)28)29-15-6-7-21-18(10-15)22-19(26)11-23-8-2-3-13(23)12-25;1-21-17-5-4-14(9-16(17)20)27-15-6-7-22-18(10-15)23-19(26)11-24-8-2-3-13(24)12-25;1-2;/h4-7,9-10,13,20,25H,2-3,8,11-12H2,1H3,(H,21,22,26);4-7,9-10,13,21,25H,2-3,8,11-12,20H2,1H3,(H,22,23,26);2H,1H3;1H4/t2*13-;;/m00../s1. The minimum Gasteiger partial charge on any atom is -0.457 e. The predicted molar refractivity (Wildman–Crippen MR) is 227 cm³/mol. The molecular weight excluding hydrogens is 765 g/mol. The number of nitrogens with zero attached hydrogens (tertiary/aromatic N) is 5. The molecule has 19 nitrogen and oxygen atoms in total. The molecule has 2 amide bonds. The van der Waals surface area contributed by atoms with Crippen molar-refractivity contribution in [1.82, 2.24) is 19.8 Å². The normalized spacial score (nSPS) is 15.9. The Morgan fingerprint density at radius 3 is 1.63 bits per heavy atom. The minimum absolute atomic E-state index is 0. The molecule has 59 heavy (non-hydrogen) atoms. The molecule has 2 aromatic carbocycles. The Balaban J connectivity index is 0.000000298. The van der Waals surface area contributed by atoms with Gasteiger partial charge in [-0.3, -0.25) is 29.5 Å². The average Bonchev–Trinajstić information content (AvgIpc) is 3.87. The van der Waals surface area contributed by atoms with Crippen LogP contribution in [0.15, 0.2) is 73.1 Å². The van der Waals surface area contributed by atoms with Gasteiger partial charge in [0.05, 0.1) is 48.7 Å². The van der Waals surface area contributed by atoms with Crippen molar-refractivity contribution in [3.8, 4) is 23.0 Å². The van der Waals surface area contributed by atoms with Gasteiger partial charge in [0.1, 0.15) is 40.3 Å². The van der Waals surface area contributed by atoms with Crippen molar-refractivity contribution in [3.63, 3.8) is 0 Å². The number of hydrogen-bond acceptors (Lipinski definition) is 16. The van der Waals surface area contributed by atoms with Crippen LogP contribution >= 0.6 is 0 Å². The van der Waals surface area contributed by atoms with E-state index < -0.39 is 4.92 Å². The number of likely N-dealkylation sites (tertiary alicyclic amines) is 2. The van der Waals surface area contributed by atoms with Crippen molar-refractivity contribution in [2.24, 2.45) is 0 Å². The van der Waals surface area contributed by atoms with Gasteiger partial charge >= 0.3 is 0 Å². The molecular formula is C40H56N10O9. The first-order chi connectivity index (χ1) is 28.1. The summed E-state index contributed by atoms with van der Waals surface area (Å²) in [6.07, 6.45) is 6.80. The molecule has 0 bridgehead atoms. The van der Waals surface area contributed by atoms with E-state index in [2.05, 4.69) is 31.2 Å². The minimum atomic E-state index is -0.491. The fraction of sp³-hybridized carbons (Fsp3) is 0.400. The molecule has 2 fully saturated rings. The summed E-state index contributed by atoms with van der Waals surface area (Å²) in [6, 6.07) is 16.5. The molecule has 19 heteroatoms. The van der Waals surface area contributed by atoms with Crippen molar-refractivity contribution in [2.75, 3.05) is 87.6 Å². The van der Waals surface area contributed by atoms with Gasteiger partial charge in [-0.2, -0.15) is 0 Å². The van der Waals surface area contributed by atoms with Gasteiger partial charge < -0.3 is 51.8 Å². The number of pyridine rings is 2. The van der Waals surface area contributed by atoms with E-state index in [1.54, 1.807) is 62.8 Å². The van der Waals surface area contributed by atoms with E-state index in [1.807, 2.05) is 21.9 Å². The summed E-state index contributed by atoms with van der Waals surface area (Å²) < 4.78 is 11.5. The van der Waals surface area contributed by atoms with Crippen LogP contribution in [0.1, 0.15) is 33.1 Å². The van der Waals surface area contributed by atoms with Gasteiger partial charge in [-0.25, -0.2) is 9.97 Å². The SMILES string of the molecule is C.CNc1ccc(Oc2ccnc(NC(=O)CN3CCC[C@H]3CO)c2)cc1N.CNc1ccc(Oc2ccnc(NC(=O)CN3CCC[C@H]3CO)c2)cc1[N+](=O)[O-].CO. The van der Waals surface area contributed by atoms with E-state index in [-0.39, 0.29) is 63.3 Å². The lowest BCUT2D eigenvalue weighted by molar-refractivity contribution is -0.384. The van der Waals surface area contributed by atoms with E-state index >= 15 is 0 Å². The Morgan fingerprint density at radius 1 is 0.763 bits per heavy atom. The first-order valence-electron chi connectivity index (χ1n) is 18.6. The highest BCUT2D eigenvalue weighted by Gasteiger charge is 2.26. The van der Waals surface area contributed by atoms with Gasteiger partial charge in [0.25, 0.3) is 5.69 Å². The summed E-state index contributed by atoms with van der Waals surface area (Å²) in [7, 11) is 4.40. The van der Waals surface area contributed by atoms with Gasteiger partial charge in [-0.05, 0) is 75.2 Å². The van der Waals surface area contributed by atoms with Crippen LogP contribution in [0.2, 0.25) is 0 Å². The number of anilines is 5. The summed E-state index contributed by atoms with van der Waals surface area (Å²) in [5.74, 6) is 2.15. The molecule has 9 N–H and O–H groups in total. The van der Waals surface area contributed by atoms with Gasteiger partial charge in [0, 0.05) is 63.9 Å². The number of nitro groups is 1. The first-order valence-corrected chi connectivity index (χ1v) is 18.6. The number of carbonyl (C=O) groups excluding carboxylic acids is 2. The van der Waals surface area contributed by atoms with E-state index in [9.17, 15) is 29.9 Å². The number of rotatable bonds is 15. The monoisotopic (exact) mass is 820 g/mol. The van der Waals surface area contributed by atoms with Gasteiger partial charge in [-0.15, -0.1) is 0 Å². The number of aromatic nitrogens is 2. The average molecular weight is 821 g/mol. The third kappa shape index (κ3) is 14.0. The summed E-state index contributed by atoms with van der Waals surface area (Å²) in [4.78, 5) is 47.5. The number of benzene rings is 2. The Kier molecular flexibility index (Phi) is 19.2. The van der Waals surface area contributed by atoms with E-state index in [0.717, 1.165) is 51.6 Å². The molecule has 0 spiro atoms. The lowest BCUT2D eigenvalue weighted by Gasteiger charge is -2.21. The maximum absolute atomic E-state index is 12.3. The van der Waals surface area contributed by atoms with Gasteiger partial charge in [0.15, 0.2) is 0 Å². The van der Waals surface area contributed by atoms with Crippen LogP contribution in [-0.4, -0.2) is 125 Å². The summed E-state index contributed by atoms with van der Waals surface area (Å²) in [6.45, 7) is 2.11. The highest BCUT2D eigenvalue weighted by atomic mass is 16.6. The highest BCUT2D eigenvalue weighted by molar-refractivity contribution is 5.92. The van der Waals surface area contributed by atoms with E-state index in [0.29, 0.717) is 46.0 Å². The zero-order chi connectivity index (χ0) is 42.0. The molecule has 2 aliphatic heterocycles. The number of hydrogen-bond donors (Lipinski definition) is 8. The van der Waals surface area contributed by atoms with Crippen LogP contribution in [-0.2, 0) is 9.59 Å². The third-order valence-corrected chi connectivity index (χ3v) is 9.31. The second-order valence-corrected chi connectivity index (χ2v) is 13.1. The highest BCUT2D eigenvalue weighted by Crippen LogP contribution is 2.32. The van der Waals surface area contributed by atoms with Gasteiger partial charge in [0.2, 0.25) is 11.8 Å². The molecule has 0 unspecified atom stereocenters. The van der Waals surface area contributed by atoms with Crippen LogP contribution in [0.5, 0.6) is 23.0 Å². The molecule has 4 heterocycles. The number of ether oxygens (including phenoxy) is 2. The molecule has 0 saturated carbocycles. The number of carbonyl (C=O) groups is 2. The van der Waals surface area contributed by atoms with E-state index in [1.165, 1.54) is 12.3 Å². The molecule has 6 rings (SSSR count). The number of aliphatic hydroxyl groups is 3. The van der Waals surface area contributed by atoms with Crippen LogP contribution in [0, 0.1) is 10.1 Å². The Morgan fingerprint density at radius 2 is 1.20 bits per heavy atom. The van der Waals surface area contributed by atoms with Crippen LogP contribution in [0.4, 0.5) is 34.4 Å². The quantitative estimate of drug-likeness (QED) is 0.0471. The zero-order valence-corrected chi connectivity index (χ0v) is 32.8. The second kappa shape index (κ2) is 24.0. The number of nitrogens with two attached hydrogens (primary N) is 1. The molecule has 2 saturated heterocycles. The lowest BCUT2D eigenvalue weighted by Crippen LogP contribution is -2.38. The molecule has 2 atom stereocenters. The maximum Gasteiger partial charge on any atom is 0.296 e. The Bertz CT molecular complexity index is 1970. The number of nitro benzene ring substituents is 1.